The summed E-state index contributed by atoms with van der Waals surface area (Å²) >= 11 is 1.36. The second-order valence-corrected chi connectivity index (χ2v) is 5.06. The van der Waals surface area contributed by atoms with Crippen molar-refractivity contribution < 1.29 is 9.13 Å². The Labute approximate surface area is 132 Å². The second kappa shape index (κ2) is 8.05. The first-order valence-corrected chi connectivity index (χ1v) is 7.69. The van der Waals surface area contributed by atoms with Crippen molar-refractivity contribution in [3.05, 3.63) is 59.9 Å². The number of thioether (sulfide) groups is 1. The number of ether oxygens (including phenoxy) is 1. The van der Waals surface area contributed by atoms with Crippen molar-refractivity contribution in [2.24, 2.45) is 4.99 Å². The molecule has 0 saturated carbocycles. The molecule has 0 atom stereocenters. The van der Waals surface area contributed by atoms with Gasteiger partial charge < -0.3 is 4.74 Å². The highest BCUT2D eigenvalue weighted by atomic mass is 32.2. The number of hydrogen-bond donors (Lipinski definition) is 1. The minimum absolute atomic E-state index is 0.262. The molecule has 0 unspecified atom stereocenters. The quantitative estimate of drug-likeness (QED) is 0.403. The Balaban J connectivity index is 1.97. The summed E-state index contributed by atoms with van der Waals surface area (Å²) in [6.45, 7) is 0.370. The molecule has 2 rings (SSSR count). The third-order valence-electron chi connectivity index (χ3n) is 2.74. The molecule has 0 saturated heterocycles. The highest BCUT2D eigenvalue weighted by molar-refractivity contribution is 8.13. The van der Waals surface area contributed by atoms with E-state index in [0.29, 0.717) is 17.5 Å². The van der Waals surface area contributed by atoms with Gasteiger partial charge in [0.2, 0.25) is 0 Å². The largest absolute Gasteiger partial charge is 0.489 e. The van der Waals surface area contributed by atoms with Crippen LogP contribution >= 0.6 is 11.8 Å². The third kappa shape index (κ3) is 4.79. The Kier molecular flexibility index (Phi) is 5.81. The van der Waals surface area contributed by atoms with E-state index in [1.54, 1.807) is 36.4 Å². The average molecular weight is 315 g/mol. The zero-order valence-electron chi connectivity index (χ0n) is 11.9. The van der Waals surface area contributed by atoms with Gasteiger partial charge in [-0.1, -0.05) is 23.9 Å². The molecular formula is C16H14FN3OS. The standard InChI is InChI=1S/C16H14FN3OS/c1-22-16(19-11-18)20-14-6-8-15(9-7-14)21-10-12-2-4-13(17)5-3-12/h2-9H,10H2,1H3,(H,19,20). The van der Waals surface area contributed by atoms with E-state index >= 15 is 0 Å². The van der Waals surface area contributed by atoms with E-state index in [0.717, 1.165) is 11.3 Å². The number of nitriles is 1. The summed E-state index contributed by atoms with van der Waals surface area (Å²) in [6, 6.07) is 13.4. The fourth-order valence-electron chi connectivity index (χ4n) is 1.65. The molecule has 0 aliphatic rings. The first-order chi connectivity index (χ1) is 10.7. The van der Waals surface area contributed by atoms with Gasteiger partial charge in [0.05, 0.1) is 5.69 Å². The maximum atomic E-state index is 12.8. The smallest absolute Gasteiger partial charge is 0.183 e. The van der Waals surface area contributed by atoms with E-state index in [1.807, 2.05) is 12.4 Å². The van der Waals surface area contributed by atoms with Crippen LogP contribution < -0.4 is 10.1 Å². The Morgan fingerprint density at radius 1 is 1.23 bits per heavy atom. The van der Waals surface area contributed by atoms with Crippen LogP contribution in [0.2, 0.25) is 0 Å². The summed E-state index contributed by atoms with van der Waals surface area (Å²) in [7, 11) is 0. The van der Waals surface area contributed by atoms with E-state index in [2.05, 4.69) is 10.3 Å². The summed E-state index contributed by atoms with van der Waals surface area (Å²) in [5.74, 6) is 0.434. The van der Waals surface area contributed by atoms with Crippen LogP contribution in [0.25, 0.3) is 0 Å². The monoisotopic (exact) mass is 315 g/mol. The lowest BCUT2D eigenvalue weighted by Gasteiger charge is -2.06. The number of amidine groups is 1. The number of halogens is 1. The van der Waals surface area contributed by atoms with Crippen LogP contribution in [0.1, 0.15) is 5.56 Å². The molecule has 112 valence electrons. The van der Waals surface area contributed by atoms with Crippen LogP contribution in [0, 0.1) is 17.3 Å². The van der Waals surface area contributed by atoms with Crippen molar-refractivity contribution in [3.8, 4) is 11.9 Å². The van der Waals surface area contributed by atoms with E-state index < -0.39 is 0 Å². The van der Waals surface area contributed by atoms with Gasteiger partial charge in [-0.2, -0.15) is 5.26 Å². The lowest BCUT2D eigenvalue weighted by atomic mass is 10.2. The molecule has 2 aromatic rings. The van der Waals surface area contributed by atoms with Crippen LogP contribution in [0.5, 0.6) is 5.75 Å². The normalized spacial score (nSPS) is 10.9. The van der Waals surface area contributed by atoms with Crippen molar-refractivity contribution in [3.63, 3.8) is 0 Å². The molecule has 6 heteroatoms. The van der Waals surface area contributed by atoms with Crippen molar-refractivity contribution in [2.75, 3.05) is 6.26 Å². The average Bonchev–Trinajstić information content (AvgIpc) is 2.55. The van der Waals surface area contributed by atoms with Gasteiger partial charge in [0.15, 0.2) is 11.4 Å². The lowest BCUT2D eigenvalue weighted by molar-refractivity contribution is 0.306. The Bertz CT molecular complexity index is 678. The number of nitrogens with zero attached hydrogens (tertiary/aromatic N) is 2. The predicted molar refractivity (Wildman–Crippen MR) is 86.5 cm³/mol. The number of rotatable bonds is 4. The van der Waals surface area contributed by atoms with Crippen molar-refractivity contribution in [2.45, 2.75) is 6.61 Å². The fourth-order valence-corrected chi connectivity index (χ4v) is 2.00. The van der Waals surface area contributed by atoms with Crippen molar-refractivity contribution >= 4 is 22.6 Å². The number of nitrogens with one attached hydrogen (secondary N) is 1. The third-order valence-corrected chi connectivity index (χ3v) is 3.32. The number of hydrogen-bond acceptors (Lipinski definition) is 4. The Morgan fingerprint density at radius 2 is 1.91 bits per heavy atom. The van der Waals surface area contributed by atoms with Gasteiger partial charge in [-0.3, -0.25) is 5.32 Å². The minimum atomic E-state index is -0.262. The minimum Gasteiger partial charge on any atom is -0.489 e. The Morgan fingerprint density at radius 3 is 2.50 bits per heavy atom. The van der Waals surface area contributed by atoms with Crippen molar-refractivity contribution in [1.82, 2.24) is 5.32 Å². The topological polar surface area (TPSA) is 57.4 Å². The fraction of sp³-hybridized carbons (Fsp3) is 0.125. The number of aliphatic imine (C=N–C) groups is 1. The summed E-state index contributed by atoms with van der Waals surface area (Å²) in [6.07, 6.45) is 3.68. The van der Waals surface area contributed by atoms with Gasteiger partial charge in [-0.15, -0.1) is 0 Å². The summed E-state index contributed by atoms with van der Waals surface area (Å²) in [5, 5.41) is 11.6. The maximum Gasteiger partial charge on any atom is 0.183 e. The van der Waals surface area contributed by atoms with Gasteiger partial charge in [-0.05, 0) is 48.2 Å². The van der Waals surface area contributed by atoms with Crippen LogP contribution in [0.15, 0.2) is 53.5 Å². The first kappa shape index (κ1) is 15.9. The molecule has 4 nitrogen and oxygen atoms in total. The molecule has 22 heavy (non-hydrogen) atoms. The SMILES string of the molecule is CSC(=Nc1ccc(OCc2ccc(F)cc2)cc1)NC#N. The van der Waals surface area contributed by atoms with Gasteiger partial charge in [0.25, 0.3) is 0 Å². The summed E-state index contributed by atoms with van der Waals surface area (Å²) in [4.78, 5) is 4.28. The van der Waals surface area contributed by atoms with E-state index in [4.69, 9.17) is 10.00 Å². The number of benzene rings is 2. The highest BCUT2D eigenvalue weighted by Crippen LogP contribution is 2.20. The van der Waals surface area contributed by atoms with Crippen molar-refractivity contribution in [1.29, 1.82) is 5.26 Å². The van der Waals surface area contributed by atoms with E-state index in [1.165, 1.54) is 23.9 Å². The lowest BCUT2D eigenvalue weighted by Crippen LogP contribution is -2.12. The van der Waals surface area contributed by atoms with E-state index in [-0.39, 0.29) is 5.82 Å². The molecule has 0 radical (unpaired) electrons. The molecule has 0 fully saturated rings. The molecule has 0 aliphatic heterocycles. The summed E-state index contributed by atoms with van der Waals surface area (Å²) < 4.78 is 18.4. The van der Waals surface area contributed by atoms with Gasteiger partial charge in [0, 0.05) is 0 Å². The molecule has 2 aromatic carbocycles. The zero-order chi connectivity index (χ0) is 15.8. The van der Waals surface area contributed by atoms with Gasteiger partial charge in [0.1, 0.15) is 18.2 Å². The Hall–Kier alpha value is -2.52. The highest BCUT2D eigenvalue weighted by Gasteiger charge is 1.99. The van der Waals surface area contributed by atoms with Crippen LogP contribution in [-0.4, -0.2) is 11.4 Å². The van der Waals surface area contributed by atoms with Crippen LogP contribution in [-0.2, 0) is 6.61 Å². The maximum absolute atomic E-state index is 12.8. The molecule has 1 N–H and O–H groups in total. The molecule has 0 amide bonds. The first-order valence-electron chi connectivity index (χ1n) is 6.46. The predicted octanol–water partition coefficient (Wildman–Crippen LogP) is 3.83. The molecular weight excluding hydrogens is 301 g/mol. The summed E-state index contributed by atoms with van der Waals surface area (Å²) in [5.41, 5.74) is 1.62. The molecule has 0 bridgehead atoms. The van der Waals surface area contributed by atoms with Gasteiger partial charge >= 0.3 is 0 Å². The van der Waals surface area contributed by atoms with Crippen LogP contribution in [0.3, 0.4) is 0 Å². The molecule has 0 aliphatic carbocycles. The second-order valence-electron chi connectivity index (χ2n) is 4.27. The van der Waals surface area contributed by atoms with Crippen LogP contribution in [0.4, 0.5) is 10.1 Å². The molecule has 0 spiro atoms. The molecule has 0 heterocycles. The van der Waals surface area contributed by atoms with E-state index in [9.17, 15) is 4.39 Å². The van der Waals surface area contributed by atoms with Gasteiger partial charge in [-0.25, -0.2) is 9.38 Å². The molecule has 0 aromatic heterocycles. The zero-order valence-corrected chi connectivity index (χ0v) is 12.7.